The summed E-state index contributed by atoms with van der Waals surface area (Å²) in [5.41, 5.74) is 6.27. The molecule has 2 aromatic rings. The van der Waals surface area contributed by atoms with Gasteiger partial charge in [-0.25, -0.2) is 8.78 Å². The Morgan fingerprint density at radius 3 is 2.52 bits per heavy atom. The third kappa shape index (κ3) is 3.99. The summed E-state index contributed by atoms with van der Waals surface area (Å²) < 4.78 is 42.5. The van der Waals surface area contributed by atoms with Crippen molar-refractivity contribution in [3.05, 3.63) is 46.9 Å². The molecular formula is C14H16F2N2O3. The second kappa shape index (κ2) is 7.14. The van der Waals surface area contributed by atoms with Gasteiger partial charge in [0.25, 0.3) is 0 Å². The SMILES string of the molecule is COCc1cc(COc2c(F)cc(CCN)cc2F)no1. The van der Waals surface area contributed by atoms with Crippen molar-refractivity contribution < 1.29 is 22.8 Å². The van der Waals surface area contributed by atoms with Crippen LogP contribution in [-0.4, -0.2) is 18.8 Å². The van der Waals surface area contributed by atoms with Crippen molar-refractivity contribution in [2.45, 2.75) is 19.6 Å². The van der Waals surface area contributed by atoms with Crippen molar-refractivity contribution in [1.82, 2.24) is 5.16 Å². The first-order valence-electron chi connectivity index (χ1n) is 6.38. The molecule has 114 valence electrons. The van der Waals surface area contributed by atoms with E-state index >= 15 is 0 Å². The molecule has 1 aromatic heterocycles. The molecule has 5 nitrogen and oxygen atoms in total. The van der Waals surface area contributed by atoms with Gasteiger partial charge in [-0.05, 0) is 30.7 Å². The largest absolute Gasteiger partial charge is 0.481 e. The highest BCUT2D eigenvalue weighted by Crippen LogP contribution is 2.24. The molecule has 0 radical (unpaired) electrons. The van der Waals surface area contributed by atoms with Crippen LogP contribution >= 0.6 is 0 Å². The van der Waals surface area contributed by atoms with E-state index in [1.54, 1.807) is 6.07 Å². The molecular weight excluding hydrogens is 282 g/mol. The Morgan fingerprint density at radius 1 is 1.19 bits per heavy atom. The topological polar surface area (TPSA) is 70.5 Å². The molecule has 21 heavy (non-hydrogen) atoms. The molecule has 1 aromatic carbocycles. The number of rotatable bonds is 7. The van der Waals surface area contributed by atoms with Crippen molar-refractivity contribution in [2.24, 2.45) is 5.73 Å². The number of nitrogens with zero attached hydrogens (tertiary/aromatic N) is 1. The molecule has 2 N–H and O–H groups in total. The summed E-state index contributed by atoms with van der Waals surface area (Å²) in [6.07, 6.45) is 0.401. The zero-order chi connectivity index (χ0) is 15.2. The van der Waals surface area contributed by atoms with E-state index < -0.39 is 17.4 Å². The van der Waals surface area contributed by atoms with E-state index in [9.17, 15) is 8.78 Å². The van der Waals surface area contributed by atoms with Crippen LogP contribution in [0.1, 0.15) is 17.0 Å². The summed E-state index contributed by atoms with van der Waals surface area (Å²) in [5, 5.41) is 3.71. The monoisotopic (exact) mass is 298 g/mol. The average Bonchev–Trinajstić information content (AvgIpc) is 2.86. The molecule has 0 saturated heterocycles. The molecule has 0 amide bonds. The number of aromatic nitrogens is 1. The van der Waals surface area contributed by atoms with Gasteiger partial charge in [-0.1, -0.05) is 5.16 Å². The second-order valence-electron chi connectivity index (χ2n) is 4.43. The van der Waals surface area contributed by atoms with Gasteiger partial charge in [0.2, 0.25) is 0 Å². The Labute approximate surface area is 120 Å². The summed E-state index contributed by atoms with van der Waals surface area (Å²) in [7, 11) is 1.52. The van der Waals surface area contributed by atoms with Gasteiger partial charge >= 0.3 is 0 Å². The van der Waals surface area contributed by atoms with Crippen molar-refractivity contribution in [3.63, 3.8) is 0 Å². The van der Waals surface area contributed by atoms with Crippen LogP contribution in [0, 0.1) is 11.6 Å². The standard InChI is InChI=1S/C14H16F2N2O3/c1-19-8-11-6-10(18-21-11)7-20-14-12(15)4-9(2-3-17)5-13(14)16/h4-6H,2-3,7-8,17H2,1H3. The molecule has 7 heteroatoms. The zero-order valence-electron chi connectivity index (χ0n) is 11.6. The molecule has 0 spiro atoms. The van der Waals surface area contributed by atoms with E-state index in [0.717, 1.165) is 0 Å². The molecule has 0 aliphatic rings. The zero-order valence-corrected chi connectivity index (χ0v) is 11.6. The molecule has 2 rings (SSSR count). The van der Waals surface area contributed by atoms with E-state index in [1.165, 1.54) is 19.2 Å². The minimum Gasteiger partial charge on any atom is -0.481 e. The fourth-order valence-electron chi connectivity index (χ4n) is 1.84. The van der Waals surface area contributed by atoms with E-state index in [0.29, 0.717) is 30.0 Å². The van der Waals surface area contributed by atoms with Gasteiger partial charge in [0.1, 0.15) is 18.9 Å². The summed E-state index contributed by atoms with van der Waals surface area (Å²) in [6.45, 7) is 0.487. The van der Waals surface area contributed by atoms with E-state index in [4.69, 9.17) is 19.7 Å². The first kappa shape index (κ1) is 15.4. The Kier molecular flexibility index (Phi) is 5.24. The van der Waals surface area contributed by atoms with Crippen LogP contribution in [0.2, 0.25) is 0 Å². The lowest BCUT2D eigenvalue weighted by molar-refractivity contribution is 0.155. The molecule has 0 unspecified atom stereocenters. The van der Waals surface area contributed by atoms with E-state index in [2.05, 4.69) is 5.16 Å². The highest BCUT2D eigenvalue weighted by atomic mass is 19.1. The number of benzene rings is 1. The van der Waals surface area contributed by atoms with Gasteiger partial charge < -0.3 is 19.7 Å². The highest BCUT2D eigenvalue weighted by molar-refractivity contribution is 5.31. The lowest BCUT2D eigenvalue weighted by Gasteiger charge is -2.08. The van der Waals surface area contributed by atoms with Gasteiger partial charge in [-0.3, -0.25) is 0 Å². The number of hydrogen-bond donors (Lipinski definition) is 1. The van der Waals surface area contributed by atoms with Crippen LogP contribution < -0.4 is 10.5 Å². The number of halogens is 2. The second-order valence-corrected chi connectivity index (χ2v) is 4.43. The summed E-state index contributed by atoms with van der Waals surface area (Å²) in [5.74, 6) is -1.46. The normalized spacial score (nSPS) is 10.9. The first-order valence-corrected chi connectivity index (χ1v) is 6.38. The van der Waals surface area contributed by atoms with Crippen LogP contribution in [0.3, 0.4) is 0 Å². The molecule has 1 heterocycles. The number of nitrogens with two attached hydrogens (primary N) is 1. The lowest BCUT2D eigenvalue weighted by atomic mass is 10.1. The molecule has 0 saturated carbocycles. The van der Waals surface area contributed by atoms with Gasteiger partial charge in [0, 0.05) is 13.2 Å². The van der Waals surface area contributed by atoms with Crippen LogP contribution in [-0.2, 0) is 24.4 Å². The van der Waals surface area contributed by atoms with Crippen molar-refractivity contribution in [2.75, 3.05) is 13.7 Å². The summed E-state index contributed by atoms with van der Waals surface area (Å²) >= 11 is 0. The Morgan fingerprint density at radius 2 is 1.90 bits per heavy atom. The fourth-order valence-corrected chi connectivity index (χ4v) is 1.84. The predicted molar refractivity (Wildman–Crippen MR) is 70.7 cm³/mol. The van der Waals surface area contributed by atoms with Gasteiger partial charge in [0.15, 0.2) is 23.1 Å². The maximum atomic E-state index is 13.8. The lowest BCUT2D eigenvalue weighted by Crippen LogP contribution is -2.05. The van der Waals surface area contributed by atoms with E-state index in [1.807, 2.05) is 0 Å². The van der Waals surface area contributed by atoms with Crippen LogP contribution in [0.4, 0.5) is 8.78 Å². The fraction of sp³-hybridized carbons (Fsp3) is 0.357. The smallest absolute Gasteiger partial charge is 0.191 e. The minimum absolute atomic E-state index is 0.0999. The van der Waals surface area contributed by atoms with E-state index in [-0.39, 0.29) is 13.2 Å². The van der Waals surface area contributed by atoms with Crippen LogP contribution in [0.5, 0.6) is 5.75 Å². The highest BCUT2D eigenvalue weighted by Gasteiger charge is 2.14. The molecule has 0 fully saturated rings. The van der Waals surface area contributed by atoms with Gasteiger partial charge in [-0.15, -0.1) is 0 Å². The van der Waals surface area contributed by atoms with Crippen LogP contribution in [0.15, 0.2) is 22.7 Å². The predicted octanol–water partition coefficient (Wildman–Crippen LogP) is 2.18. The Hall–Kier alpha value is -1.99. The van der Waals surface area contributed by atoms with Gasteiger partial charge in [-0.2, -0.15) is 0 Å². The third-order valence-electron chi connectivity index (χ3n) is 2.75. The van der Waals surface area contributed by atoms with Crippen molar-refractivity contribution in [3.8, 4) is 5.75 Å². The minimum atomic E-state index is -0.765. The third-order valence-corrected chi connectivity index (χ3v) is 2.75. The Bertz CT molecular complexity index is 579. The maximum absolute atomic E-state index is 13.8. The quantitative estimate of drug-likeness (QED) is 0.848. The molecule has 0 atom stereocenters. The Balaban J connectivity index is 2.05. The number of hydrogen-bond acceptors (Lipinski definition) is 5. The summed E-state index contributed by atoms with van der Waals surface area (Å²) in [4.78, 5) is 0. The van der Waals surface area contributed by atoms with Gasteiger partial charge in [0.05, 0.1) is 0 Å². The summed E-state index contributed by atoms with van der Waals surface area (Å²) in [6, 6.07) is 4.02. The number of methoxy groups -OCH3 is 1. The van der Waals surface area contributed by atoms with Crippen molar-refractivity contribution in [1.29, 1.82) is 0 Å². The maximum Gasteiger partial charge on any atom is 0.191 e. The van der Waals surface area contributed by atoms with Crippen molar-refractivity contribution >= 4 is 0 Å². The molecule has 0 bridgehead atoms. The molecule has 0 aliphatic carbocycles. The first-order chi connectivity index (χ1) is 10.1. The average molecular weight is 298 g/mol. The van der Waals surface area contributed by atoms with Crippen LogP contribution in [0.25, 0.3) is 0 Å². The number of ether oxygens (including phenoxy) is 2. The molecule has 0 aliphatic heterocycles.